The van der Waals surface area contributed by atoms with Crippen LogP contribution in [0, 0.1) is 23.2 Å². The molecule has 0 aliphatic heterocycles. The van der Waals surface area contributed by atoms with Crippen LogP contribution in [-0.4, -0.2) is 10.9 Å². The number of nitrogens with one attached hydrogen (secondary N) is 1. The highest BCUT2D eigenvalue weighted by atomic mass is 32.1. The summed E-state index contributed by atoms with van der Waals surface area (Å²) < 4.78 is 0. The summed E-state index contributed by atoms with van der Waals surface area (Å²) in [5, 5.41) is 8.43. The molecule has 0 spiro atoms. The third-order valence-corrected chi connectivity index (χ3v) is 8.07. The number of hydrogen-bond acceptors (Lipinski definition) is 3. The van der Waals surface area contributed by atoms with Crippen LogP contribution in [0.4, 0.5) is 5.13 Å². The number of rotatable bonds is 3. The largest absolute Gasteiger partial charge is 0.301 e. The smallest absolute Gasteiger partial charge is 0.232 e. The van der Waals surface area contributed by atoms with E-state index in [1.54, 1.807) is 11.3 Å². The summed E-state index contributed by atoms with van der Waals surface area (Å²) in [6.07, 6.45) is 7.34. The number of thiazole rings is 1. The van der Waals surface area contributed by atoms with Gasteiger partial charge in [0.25, 0.3) is 0 Å². The summed E-state index contributed by atoms with van der Waals surface area (Å²) in [5.74, 6) is 2.56. The summed E-state index contributed by atoms with van der Waals surface area (Å²) in [6, 6.07) is 14.7. The first kappa shape index (κ1) is 16.7. The molecule has 1 N–H and O–H groups in total. The fourth-order valence-electron chi connectivity index (χ4n) is 6.52. The van der Waals surface area contributed by atoms with Crippen molar-refractivity contribution < 1.29 is 4.79 Å². The summed E-state index contributed by atoms with van der Waals surface area (Å²) in [5.41, 5.74) is 1.95. The molecule has 28 heavy (non-hydrogen) atoms. The first-order valence-corrected chi connectivity index (χ1v) is 11.3. The number of carbonyl (C=O) groups excluding carboxylic acids is 1. The molecule has 4 heteroatoms. The van der Waals surface area contributed by atoms with Crippen molar-refractivity contribution in [3.63, 3.8) is 0 Å². The number of fused-ring (bicyclic) bond motifs is 1. The van der Waals surface area contributed by atoms with Crippen LogP contribution in [0.3, 0.4) is 0 Å². The zero-order valence-electron chi connectivity index (χ0n) is 15.9. The third kappa shape index (κ3) is 2.61. The molecule has 1 heterocycles. The second-order valence-electron chi connectivity index (χ2n) is 9.22. The van der Waals surface area contributed by atoms with Crippen LogP contribution in [0.5, 0.6) is 0 Å². The van der Waals surface area contributed by atoms with Crippen molar-refractivity contribution >= 4 is 33.1 Å². The molecule has 0 atom stereocenters. The van der Waals surface area contributed by atoms with E-state index in [1.165, 1.54) is 30.0 Å². The van der Waals surface area contributed by atoms with E-state index in [1.807, 2.05) is 0 Å². The van der Waals surface area contributed by atoms with E-state index < -0.39 is 0 Å². The second kappa shape index (κ2) is 6.15. The van der Waals surface area contributed by atoms with Crippen molar-refractivity contribution in [1.29, 1.82) is 0 Å². The fourth-order valence-corrected chi connectivity index (χ4v) is 7.23. The highest BCUT2D eigenvalue weighted by Crippen LogP contribution is 2.60. The van der Waals surface area contributed by atoms with Crippen LogP contribution >= 0.6 is 11.3 Å². The maximum Gasteiger partial charge on any atom is 0.232 e. The minimum atomic E-state index is -0.125. The summed E-state index contributed by atoms with van der Waals surface area (Å²) in [4.78, 5) is 18.1. The highest BCUT2D eigenvalue weighted by molar-refractivity contribution is 7.14. The van der Waals surface area contributed by atoms with Gasteiger partial charge in [-0.2, -0.15) is 0 Å². The van der Waals surface area contributed by atoms with Crippen molar-refractivity contribution in [3.8, 4) is 11.3 Å². The number of hydrogen-bond donors (Lipinski definition) is 1. The molecular weight excluding hydrogens is 364 g/mol. The van der Waals surface area contributed by atoms with Crippen molar-refractivity contribution in [2.24, 2.45) is 23.2 Å². The summed E-state index contributed by atoms with van der Waals surface area (Å²) in [6.45, 7) is 0. The zero-order chi connectivity index (χ0) is 18.7. The Labute approximate surface area is 169 Å². The lowest BCUT2D eigenvalue weighted by Gasteiger charge is -2.55. The van der Waals surface area contributed by atoms with Gasteiger partial charge in [-0.1, -0.05) is 42.5 Å². The van der Waals surface area contributed by atoms with Gasteiger partial charge < -0.3 is 5.32 Å². The van der Waals surface area contributed by atoms with Gasteiger partial charge in [-0.3, -0.25) is 4.79 Å². The fraction of sp³-hybridized carbons (Fsp3) is 0.417. The van der Waals surface area contributed by atoms with Gasteiger partial charge in [-0.15, -0.1) is 11.3 Å². The minimum Gasteiger partial charge on any atom is -0.301 e. The van der Waals surface area contributed by atoms with Crippen LogP contribution < -0.4 is 5.32 Å². The van der Waals surface area contributed by atoms with E-state index in [0.29, 0.717) is 0 Å². The Morgan fingerprint density at radius 1 is 0.964 bits per heavy atom. The topological polar surface area (TPSA) is 42.0 Å². The van der Waals surface area contributed by atoms with Crippen LogP contribution in [0.25, 0.3) is 22.0 Å². The van der Waals surface area contributed by atoms with Crippen molar-refractivity contribution in [2.75, 3.05) is 5.32 Å². The Balaban J connectivity index is 1.27. The third-order valence-electron chi connectivity index (χ3n) is 7.31. The van der Waals surface area contributed by atoms with E-state index >= 15 is 0 Å². The molecule has 2 aromatic carbocycles. The van der Waals surface area contributed by atoms with E-state index in [9.17, 15) is 4.79 Å². The highest BCUT2D eigenvalue weighted by Gasteiger charge is 2.54. The average Bonchev–Trinajstić information content (AvgIpc) is 3.15. The maximum atomic E-state index is 13.3. The van der Waals surface area contributed by atoms with Gasteiger partial charge in [-0.25, -0.2) is 4.98 Å². The summed E-state index contributed by atoms with van der Waals surface area (Å²) >= 11 is 1.54. The van der Waals surface area contributed by atoms with Crippen molar-refractivity contribution in [2.45, 2.75) is 38.5 Å². The number of aromatic nitrogens is 1. The Morgan fingerprint density at radius 2 is 1.64 bits per heavy atom. The van der Waals surface area contributed by atoms with Crippen molar-refractivity contribution in [1.82, 2.24) is 4.98 Å². The Hall–Kier alpha value is -2.20. The van der Waals surface area contributed by atoms with Gasteiger partial charge in [0.1, 0.15) is 0 Å². The lowest BCUT2D eigenvalue weighted by Crippen LogP contribution is -2.51. The lowest BCUT2D eigenvalue weighted by atomic mass is 9.49. The molecule has 0 unspecified atom stereocenters. The van der Waals surface area contributed by atoms with Gasteiger partial charge in [-0.05, 0) is 67.1 Å². The normalized spacial score (nSPS) is 30.6. The molecule has 4 aliphatic carbocycles. The first-order chi connectivity index (χ1) is 13.7. The van der Waals surface area contributed by atoms with E-state index in [2.05, 4.69) is 53.2 Å². The predicted molar refractivity (Wildman–Crippen MR) is 114 cm³/mol. The van der Waals surface area contributed by atoms with Crippen molar-refractivity contribution in [3.05, 3.63) is 47.8 Å². The number of carbonyl (C=O) groups is 1. The Morgan fingerprint density at radius 3 is 2.39 bits per heavy atom. The molecule has 1 amide bonds. The molecule has 142 valence electrons. The minimum absolute atomic E-state index is 0.125. The molecule has 4 bridgehead atoms. The lowest BCUT2D eigenvalue weighted by molar-refractivity contribution is -0.140. The molecule has 0 saturated heterocycles. The van der Waals surface area contributed by atoms with Gasteiger partial charge in [0.15, 0.2) is 5.13 Å². The molecule has 4 saturated carbocycles. The van der Waals surface area contributed by atoms with Crippen LogP contribution in [0.2, 0.25) is 0 Å². The number of nitrogens with zero attached hydrogens (tertiary/aromatic N) is 1. The molecule has 1 aromatic heterocycles. The van der Waals surface area contributed by atoms with Gasteiger partial charge >= 0.3 is 0 Å². The van der Waals surface area contributed by atoms with Gasteiger partial charge in [0.2, 0.25) is 5.91 Å². The molecule has 7 rings (SSSR count). The van der Waals surface area contributed by atoms with Gasteiger partial charge in [0.05, 0.1) is 11.1 Å². The molecule has 4 fully saturated rings. The SMILES string of the molecule is O=C(Nc1nc(-c2cccc3ccccc23)cs1)C12CC3CC(CC(C3)C1)C2. The van der Waals surface area contributed by atoms with Crippen LogP contribution in [-0.2, 0) is 4.79 Å². The Kier molecular flexibility index (Phi) is 3.67. The summed E-state index contributed by atoms with van der Waals surface area (Å²) in [7, 11) is 0. The van der Waals surface area contributed by atoms with E-state index in [-0.39, 0.29) is 11.3 Å². The molecule has 0 radical (unpaired) electrons. The first-order valence-electron chi connectivity index (χ1n) is 10.4. The number of amides is 1. The number of anilines is 1. The standard InChI is InChI=1S/C24H24N2OS/c27-22(24-11-15-8-16(12-24)10-17(9-15)13-24)26-23-25-21(14-28-23)20-7-3-5-18-4-1-2-6-19(18)20/h1-7,14-17H,8-13H2,(H,25,26,27). The van der Waals surface area contributed by atoms with Crippen LogP contribution in [0.15, 0.2) is 47.8 Å². The quantitative estimate of drug-likeness (QED) is 0.587. The molecule has 3 nitrogen and oxygen atoms in total. The number of benzene rings is 2. The Bertz CT molecular complexity index is 1030. The van der Waals surface area contributed by atoms with Gasteiger partial charge in [0, 0.05) is 10.9 Å². The van der Waals surface area contributed by atoms with Crippen LogP contribution in [0.1, 0.15) is 38.5 Å². The molecule has 3 aromatic rings. The monoisotopic (exact) mass is 388 g/mol. The van der Waals surface area contributed by atoms with E-state index in [0.717, 1.165) is 53.4 Å². The van der Waals surface area contributed by atoms with E-state index in [4.69, 9.17) is 4.98 Å². The molecular formula is C24H24N2OS. The second-order valence-corrected chi connectivity index (χ2v) is 10.1. The zero-order valence-corrected chi connectivity index (χ0v) is 16.7. The predicted octanol–water partition coefficient (Wildman–Crippen LogP) is 6.12. The maximum absolute atomic E-state index is 13.3. The molecule has 4 aliphatic rings. The average molecular weight is 389 g/mol.